The Kier molecular flexibility index (Phi) is 27.9. The van der Waals surface area contributed by atoms with Gasteiger partial charge in [0.1, 0.15) is 0 Å². The first-order chi connectivity index (χ1) is 29.4. The van der Waals surface area contributed by atoms with Crippen molar-refractivity contribution in [1.29, 1.82) is 0 Å². The molecule has 0 unspecified atom stereocenters. The molecule has 6 nitrogen and oxygen atoms in total. The van der Waals surface area contributed by atoms with Crippen LogP contribution in [0.3, 0.4) is 0 Å². The Hall–Kier alpha value is -2.80. The van der Waals surface area contributed by atoms with Crippen molar-refractivity contribution in [1.82, 2.24) is 30.6 Å². The Morgan fingerprint density at radius 2 is 0.444 bits per heavy atom. The number of nitrogens with zero attached hydrogens (tertiary/aromatic N) is 6. The van der Waals surface area contributed by atoms with Crippen molar-refractivity contribution in [3.05, 3.63) is 197 Å². The zero-order valence-electron chi connectivity index (χ0n) is 32.5. The molecule has 334 valence electrons. The molecule has 0 aliphatic heterocycles. The fraction of sp³-hybridized carbons (Fsp3) is 0.0426. The van der Waals surface area contributed by atoms with Crippen LogP contribution in [0.4, 0.5) is 0 Å². The van der Waals surface area contributed by atoms with E-state index in [1.807, 2.05) is 182 Å². The first-order valence-corrected chi connectivity index (χ1v) is 21.3. The Bertz CT molecular complexity index is 2110. The molecule has 0 aliphatic rings. The van der Waals surface area contributed by atoms with Crippen molar-refractivity contribution in [2.24, 2.45) is 0 Å². The molecular formula is C47H34Ag3Cl7N6. The summed E-state index contributed by atoms with van der Waals surface area (Å²) in [4.78, 5) is 0. The molecule has 0 atom stereocenters. The minimum absolute atomic E-state index is 0. The fourth-order valence-corrected chi connectivity index (χ4v) is 6.46. The van der Waals surface area contributed by atoms with Gasteiger partial charge in [-0.1, -0.05) is 234 Å². The van der Waals surface area contributed by atoms with Crippen molar-refractivity contribution in [2.75, 3.05) is 10.7 Å². The third-order valence-corrected chi connectivity index (χ3v) is 9.35. The third kappa shape index (κ3) is 16.5. The van der Waals surface area contributed by atoms with Gasteiger partial charge in [-0.2, -0.15) is 0 Å². The largest absolute Gasteiger partial charge is 1.00 e. The minimum Gasteiger partial charge on any atom is -0.573 e. The predicted molar refractivity (Wildman–Crippen MR) is 253 cm³/mol. The molecule has 0 amide bonds. The summed E-state index contributed by atoms with van der Waals surface area (Å²) in [6.45, 7) is 0. The average molecular weight is 1250 g/mol. The van der Waals surface area contributed by atoms with Crippen LogP contribution < -0.4 is 15.3 Å². The van der Waals surface area contributed by atoms with Crippen molar-refractivity contribution in [2.45, 2.75) is 0 Å². The van der Waals surface area contributed by atoms with Gasteiger partial charge >= 0.3 is 67.1 Å². The van der Waals surface area contributed by atoms with E-state index in [9.17, 15) is 0 Å². The molecular weight excluding hydrogens is 1220 g/mol. The Morgan fingerprint density at radius 1 is 0.286 bits per heavy atom. The summed E-state index contributed by atoms with van der Waals surface area (Å²) in [5, 5.41) is 27.3. The zero-order chi connectivity index (χ0) is 42.5. The van der Waals surface area contributed by atoms with Crippen LogP contribution in [0.25, 0.3) is 67.5 Å². The number of aromatic nitrogens is 6. The zero-order valence-corrected chi connectivity index (χ0v) is 42.2. The summed E-state index contributed by atoms with van der Waals surface area (Å²) in [6, 6.07) is 59.0. The molecule has 0 saturated carbocycles. The number of hydrogen-bond donors (Lipinski definition) is 0. The summed E-state index contributed by atoms with van der Waals surface area (Å²) in [5.74, 6) is 0. The van der Waals surface area contributed by atoms with Gasteiger partial charge in [0.2, 0.25) is 0 Å². The van der Waals surface area contributed by atoms with E-state index in [4.69, 9.17) is 81.2 Å². The van der Waals surface area contributed by atoms with E-state index in [1.54, 1.807) is 0 Å². The van der Waals surface area contributed by atoms with Crippen LogP contribution in [0, 0.1) is 0 Å². The van der Waals surface area contributed by atoms with Gasteiger partial charge in [-0.15, -0.1) is 46.4 Å². The summed E-state index contributed by atoms with van der Waals surface area (Å²) in [7, 11) is 0. The Labute approximate surface area is 449 Å². The van der Waals surface area contributed by atoms with Crippen molar-refractivity contribution >= 4 is 81.2 Å². The average Bonchev–Trinajstić information content (AvgIpc) is 4.02. The standard InChI is InChI=1S/3C15H10ClN2.2CH2Cl2.3Ag/c3*16-13-14(11-7-3-1-4-8-11)17-18-15(13)12-9-5-2-6-10-12;2*2-1-3;;;/h3*1-10H;2*1H2;;;/q3*-1;;;3*+1. The molecule has 0 aliphatic carbocycles. The summed E-state index contributed by atoms with van der Waals surface area (Å²) >= 11 is 38.2. The monoisotopic (exact) mass is 1250 g/mol. The van der Waals surface area contributed by atoms with E-state index in [1.165, 1.54) is 0 Å². The SMILES string of the molecule is ClCCl.ClCCl.Clc1c(-c2ccccc2)n[n-]c1-c1ccccc1.Clc1c(-c2ccccc2)n[n-]c1-c1ccccc1.Clc1c(-c2ccccc2)n[n-]c1-c1ccccc1.[Ag+].[Ag+].[Ag+]. The summed E-state index contributed by atoms with van der Waals surface area (Å²) in [5.41, 5.74) is 10.3. The molecule has 16 heteroatoms. The molecule has 9 rings (SSSR count). The van der Waals surface area contributed by atoms with Crippen LogP contribution in [-0.4, -0.2) is 26.0 Å². The van der Waals surface area contributed by atoms with Gasteiger partial charge in [0.25, 0.3) is 0 Å². The Morgan fingerprint density at radius 3 is 0.619 bits per heavy atom. The molecule has 3 heterocycles. The second-order valence-electron chi connectivity index (χ2n) is 12.0. The minimum atomic E-state index is 0. The van der Waals surface area contributed by atoms with Crippen LogP contribution in [0.1, 0.15) is 0 Å². The quantitative estimate of drug-likeness (QED) is 0.122. The number of benzene rings is 6. The van der Waals surface area contributed by atoms with Gasteiger partial charge in [0.05, 0.1) is 42.8 Å². The van der Waals surface area contributed by atoms with Crippen LogP contribution in [0.5, 0.6) is 0 Å². The van der Waals surface area contributed by atoms with Crippen molar-refractivity contribution < 1.29 is 67.1 Å². The Balaban J connectivity index is 0.000000299. The van der Waals surface area contributed by atoms with Crippen molar-refractivity contribution in [3.8, 4) is 67.5 Å². The van der Waals surface area contributed by atoms with E-state index in [0.29, 0.717) is 15.1 Å². The topological polar surface area (TPSA) is 81.0 Å². The van der Waals surface area contributed by atoms with Crippen LogP contribution in [0.2, 0.25) is 15.1 Å². The molecule has 63 heavy (non-hydrogen) atoms. The van der Waals surface area contributed by atoms with Crippen molar-refractivity contribution in [3.63, 3.8) is 0 Å². The molecule has 0 fully saturated rings. The maximum atomic E-state index is 6.37. The number of alkyl halides is 4. The normalized spacial score (nSPS) is 9.57. The maximum absolute atomic E-state index is 6.37. The van der Waals surface area contributed by atoms with E-state index in [-0.39, 0.29) is 77.8 Å². The van der Waals surface area contributed by atoms with Crippen LogP contribution in [0.15, 0.2) is 182 Å². The van der Waals surface area contributed by atoms with Gasteiger partial charge in [0.15, 0.2) is 0 Å². The van der Waals surface area contributed by atoms with Crippen LogP contribution >= 0.6 is 81.2 Å². The van der Waals surface area contributed by atoms with Gasteiger partial charge in [-0.3, -0.25) is 0 Å². The molecule has 9 aromatic rings. The van der Waals surface area contributed by atoms with E-state index in [2.05, 4.69) is 30.6 Å². The van der Waals surface area contributed by atoms with E-state index < -0.39 is 0 Å². The summed E-state index contributed by atoms with van der Waals surface area (Å²) < 4.78 is 0. The van der Waals surface area contributed by atoms with E-state index >= 15 is 0 Å². The first-order valence-electron chi connectivity index (χ1n) is 18.0. The fourth-order valence-electron chi connectivity index (χ4n) is 5.58. The molecule has 6 aromatic carbocycles. The van der Waals surface area contributed by atoms with Gasteiger partial charge in [-0.05, 0) is 33.4 Å². The molecule has 0 spiro atoms. The summed E-state index contributed by atoms with van der Waals surface area (Å²) in [6.07, 6.45) is 0. The maximum Gasteiger partial charge on any atom is 1.00 e. The van der Waals surface area contributed by atoms with E-state index in [0.717, 1.165) is 67.5 Å². The second kappa shape index (κ2) is 31.2. The van der Waals surface area contributed by atoms with Gasteiger partial charge < -0.3 is 30.6 Å². The molecule has 0 saturated heterocycles. The smallest absolute Gasteiger partial charge is 0.573 e. The van der Waals surface area contributed by atoms with Crippen LogP contribution in [-0.2, 0) is 67.1 Å². The first kappa shape index (κ1) is 56.3. The van der Waals surface area contributed by atoms with Gasteiger partial charge in [0, 0.05) is 0 Å². The second-order valence-corrected chi connectivity index (χ2v) is 14.8. The molecule has 3 aromatic heterocycles. The number of hydrogen-bond acceptors (Lipinski definition) is 3. The molecule has 0 N–H and O–H groups in total. The molecule has 0 radical (unpaired) electrons. The van der Waals surface area contributed by atoms with Gasteiger partial charge in [-0.25, -0.2) is 0 Å². The molecule has 0 bridgehead atoms. The predicted octanol–water partition coefficient (Wildman–Crippen LogP) is 14.9. The number of rotatable bonds is 6. The number of halogens is 7. The third-order valence-electron chi connectivity index (χ3n) is 8.28.